The Morgan fingerprint density at radius 1 is 1.13 bits per heavy atom. The molecular weight excluding hydrogens is 288 g/mol. The van der Waals surface area contributed by atoms with E-state index in [1.54, 1.807) is 4.90 Å². The summed E-state index contributed by atoms with van der Waals surface area (Å²) in [7, 11) is 0. The molecule has 2 aliphatic rings. The Morgan fingerprint density at radius 2 is 1.83 bits per heavy atom. The summed E-state index contributed by atoms with van der Waals surface area (Å²) in [5, 5.41) is 3.21. The van der Waals surface area contributed by atoms with Crippen molar-refractivity contribution in [2.75, 3.05) is 4.90 Å². The van der Waals surface area contributed by atoms with Gasteiger partial charge in [0.05, 0.1) is 0 Å². The first-order valence-electron chi connectivity index (χ1n) is 8.91. The molecule has 1 heterocycles. The van der Waals surface area contributed by atoms with Crippen LogP contribution in [0.4, 0.5) is 5.69 Å². The van der Waals surface area contributed by atoms with Crippen molar-refractivity contribution in [1.29, 1.82) is 0 Å². The smallest absolute Gasteiger partial charge is 0.243 e. The summed E-state index contributed by atoms with van der Waals surface area (Å²) in [6, 6.07) is 7.75. The zero-order valence-electron chi connectivity index (χ0n) is 13.9. The van der Waals surface area contributed by atoms with Crippen LogP contribution in [-0.4, -0.2) is 23.9 Å². The van der Waals surface area contributed by atoms with Gasteiger partial charge in [0, 0.05) is 24.6 Å². The molecule has 0 radical (unpaired) electrons. The zero-order valence-corrected chi connectivity index (χ0v) is 13.9. The standard InChI is InChI=1S/C19H26N2O2/c1-2-18(22)21-16-12-8-7-9-14(16)13-17(21)19(23)20-15-10-5-3-4-6-11-15/h7-9,12,15,17H,2-6,10-11,13H2,1H3,(H,20,23)/t17-/m1/s1. The summed E-state index contributed by atoms with van der Waals surface area (Å²) in [6.45, 7) is 1.85. The van der Waals surface area contributed by atoms with Crippen molar-refractivity contribution in [2.45, 2.75) is 70.4 Å². The van der Waals surface area contributed by atoms with Gasteiger partial charge in [-0.05, 0) is 24.5 Å². The Hall–Kier alpha value is -1.84. The minimum absolute atomic E-state index is 0.00917. The molecule has 4 nitrogen and oxygen atoms in total. The lowest BCUT2D eigenvalue weighted by Crippen LogP contribution is -2.50. The van der Waals surface area contributed by atoms with Crippen LogP contribution >= 0.6 is 0 Å². The van der Waals surface area contributed by atoms with Crippen molar-refractivity contribution in [3.63, 3.8) is 0 Å². The van der Waals surface area contributed by atoms with Gasteiger partial charge < -0.3 is 5.32 Å². The van der Waals surface area contributed by atoms with Crippen molar-refractivity contribution < 1.29 is 9.59 Å². The van der Waals surface area contributed by atoms with E-state index in [4.69, 9.17) is 0 Å². The first kappa shape index (κ1) is 16.0. The fourth-order valence-corrected chi connectivity index (χ4v) is 3.80. The van der Waals surface area contributed by atoms with E-state index >= 15 is 0 Å². The summed E-state index contributed by atoms with van der Waals surface area (Å²) in [5.41, 5.74) is 2.00. The number of hydrogen-bond acceptors (Lipinski definition) is 2. The molecule has 1 aliphatic heterocycles. The SMILES string of the molecule is CCC(=O)N1c2ccccc2C[C@@H]1C(=O)NC1CCCCCC1. The Labute approximate surface area is 138 Å². The molecule has 4 heteroatoms. The largest absolute Gasteiger partial charge is 0.352 e. The van der Waals surface area contributed by atoms with Crippen LogP contribution in [0.2, 0.25) is 0 Å². The molecule has 1 N–H and O–H groups in total. The average molecular weight is 314 g/mol. The maximum Gasteiger partial charge on any atom is 0.243 e. The second-order valence-corrected chi connectivity index (χ2v) is 6.66. The molecule has 0 bridgehead atoms. The molecule has 0 saturated heterocycles. The number of para-hydroxylation sites is 1. The Balaban J connectivity index is 1.75. The molecule has 1 fully saturated rings. The second kappa shape index (κ2) is 7.16. The van der Waals surface area contributed by atoms with E-state index < -0.39 is 0 Å². The highest BCUT2D eigenvalue weighted by atomic mass is 16.2. The van der Waals surface area contributed by atoms with Crippen molar-refractivity contribution in [3.05, 3.63) is 29.8 Å². The number of amides is 2. The third kappa shape index (κ3) is 3.41. The van der Waals surface area contributed by atoms with E-state index in [1.165, 1.54) is 25.7 Å². The number of rotatable bonds is 3. The number of carbonyl (C=O) groups is 2. The van der Waals surface area contributed by atoms with Crippen molar-refractivity contribution >= 4 is 17.5 Å². The van der Waals surface area contributed by atoms with E-state index in [0.29, 0.717) is 12.8 Å². The Bertz CT molecular complexity index is 576. The minimum atomic E-state index is -0.386. The molecule has 1 atom stereocenters. The summed E-state index contributed by atoms with van der Waals surface area (Å²) in [6.07, 6.45) is 8.08. The number of fused-ring (bicyclic) bond motifs is 1. The Kier molecular flexibility index (Phi) is 4.99. The number of nitrogens with one attached hydrogen (secondary N) is 1. The predicted molar refractivity (Wildman–Crippen MR) is 91.3 cm³/mol. The zero-order chi connectivity index (χ0) is 16.2. The molecule has 124 valence electrons. The monoisotopic (exact) mass is 314 g/mol. The van der Waals surface area contributed by atoms with Gasteiger partial charge in [0.15, 0.2) is 0 Å². The third-order valence-electron chi connectivity index (χ3n) is 5.05. The summed E-state index contributed by atoms with van der Waals surface area (Å²) < 4.78 is 0. The summed E-state index contributed by atoms with van der Waals surface area (Å²) >= 11 is 0. The van der Waals surface area contributed by atoms with Crippen LogP contribution in [0, 0.1) is 0 Å². The topological polar surface area (TPSA) is 49.4 Å². The van der Waals surface area contributed by atoms with Crippen LogP contribution in [0.3, 0.4) is 0 Å². The van der Waals surface area contributed by atoms with E-state index in [1.807, 2.05) is 31.2 Å². The van der Waals surface area contributed by atoms with E-state index in [9.17, 15) is 9.59 Å². The molecule has 1 aromatic rings. The van der Waals surface area contributed by atoms with Gasteiger partial charge >= 0.3 is 0 Å². The van der Waals surface area contributed by atoms with Gasteiger partial charge in [-0.25, -0.2) is 0 Å². The molecule has 2 amide bonds. The lowest BCUT2D eigenvalue weighted by atomic mass is 10.1. The van der Waals surface area contributed by atoms with Gasteiger partial charge in [0.2, 0.25) is 11.8 Å². The molecule has 0 unspecified atom stereocenters. The van der Waals surface area contributed by atoms with Crippen molar-refractivity contribution in [1.82, 2.24) is 5.32 Å². The maximum absolute atomic E-state index is 12.8. The highest BCUT2D eigenvalue weighted by molar-refractivity contribution is 6.03. The van der Waals surface area contributed by atoms with Gasteiger partial charge in [-0.3, -0.25) is 14.5 Å². The fourth-order valence-electron chi connectivity index (χ4n) is 3.80. The van der Waals surface area contributed by atoms with E-state index in [-0.39, 0.29) is 23.9 Å². The second-order valence-electron chi connectivity index (χ2n) is 6.66. The number of benzene rings is 1. The fraction of sp³-hybridized carbons (Fsp3) is 0.579. The maximum atomic E-state index is 12.8. The van der Waals surface area contributed by atoms with Gasteiger partial charge in [0.25, 0.3) is 0 Å². The van der Waals surface area contributed by atoms with Crippen molar-refractivity contribution in [3.8, 4) is 0 Å². The van der Waals surface area contributed by atoms with Gasteiger partial charge in [-0.2, -0.15) is 0 Å². The molecule has 0 aromatic heterocycles. The molecule has 1 saturated carbocycles. The first-order valence-corrected chi connectivity index (χ1v) is 8.91. The number of anilines is 1. The number of hydrogen-bond donors (Lipinski definition) is 1. The summed E-state index contributed by atoms with van der Waals surface area (Å²) in [4.78, 5) is 26.9. The lowest BCUT2D eigenvalue weighted by molar-refractivity contribution is -0.126. The van der Waals surface area contributed by atoms with Gasteiger partial charge in [-0.1, -0.05) is 50.8 Å². The number of carbonyl (C=O) groups excluding carboxylic acids is 2. The molecule has 3 rings (SSSR count). The molecule has 1 aliphatic carbocycles. The van der Waals surface area contributed by atoms with Crippen LogP contribution in [0.15, 0.2) is 24.3 Å². The molecule has 23 heavy (non-hydrogen) atoms. The normalized spacial score (nSPS) is 21.6. The molecule has 1 aromatic carbocycles. The quantitative estimate of drug-likeness (QED) is 0.871. The highest BCUT2D eigenvalue weighted by Gasteiger charge is 2.38. The third-order valence-corrected chi connectivity index (χ3v) is 5.05. The molecule has 0 spiro atoms. The van der Waals surface area contributed by atoms with Crippen LogP contribution in [0.1, 0.15) is 57.4 Å². The van der Waals surface area contributed by atoms with E-state index in [0.717, 1.165) is 24.1 Å². The predicted octanol–water partition coefficient (Wildman–Crippen LogP) is 3.19. The van der Waals surface area contributed by atoms with Crippen LogP contribution in [0.25, 0.3) is 0 Å². The van der Waals surface area contributed by atoms with Gasteiger partial charge in [0.1, 0.15) is 6.04 Å². The van der Waals surface area contributed by atoms with Crippen molar-refractivity contribution in [2.24, 2.45) is 0 Å². The van der Waals surface area contributed by atoms with Crippen LogP contribution < -0.4 is 10.2 Å². The minimum Gasteiger partial charge on any atom is -0.352 e. The van der Waals surface area contributed by atoms with Gasteiger partial charge in [-0.15, -0.1) is 0 Å². The van der Waals surface area contributed by atoms with Crippen LogP contribution in [-0.2, 0) is 16.0 Å². The first-order chi connectivity index (χ1) is 11.2. The lowest BCUT2D eigenvalue weighted by Gasteiger charge is -2.26. The number of nitrogens with zero attached hydrogens (tertiary/aromatic N) is 1. The average Bonchev–Trinajstić information content (AvgIpc) is 2.77. The van der Waals surface area contributed by atoms with E-state index in [2.05, 4.69) is 5.32 Å². The summed E-state index contributed by atoms with van der Waals surface area (Å²) in [5.74, 6) is 0.0332. The van der Waals surface area contributed by atoms with Crippen LogP contribution in [0.5, 0.6) is 0 Å². The molecular formula is C19H26N2O2. The highest BCUT2D eigenvalue weighted by Crippen LogP contribution is 2.33. The Morgan fingerprint density at radius 3 is 2.52 bits per heavy atom.